The number of piperidine rings is 1. The van der Waals surface area contributed by atoms with E-state index >= 15 is 0 Å². The van der Waals surface area contributed by atoms with Crippen LogP contribution in [-0.2, 0) is 6.54 Å². The van der Waals surface area contributed by atoms with E-state index in [4.69, 9.17) is 11.6 Å². The Labute approximate surface area is 133 Å². The summed E-state index contributed by atoms with van der Waals surface area (Å²) in [5.41, 5.74) is 2.63. The highest BCUT2D eigenvalue weighted by Gasteiger charge is 2.32. The Morgan fingerprint density at radius 1 is 1.19 bits per heavy atom. The maximum Gasteiger partial charge on any atom is 0.0642 e. The average Bonchev–Trinajstić information content (AvgIpc) is 2.52. The van der Waals surface area contributed by atoms with Crippen molar-refractivity contribution < 1.29 is 0 Å². The summed E-state index contributed by atoms with van der Waals surface area (Å²) in [7, 11) is 0. The van der Waals surface area contributed by atoms with Gasteiger partial charge in [-0.1, -0.05) is 49.9 Å². The number of nitrogens with one attached hydrogen (secondary N) is 1. The van der Waals surface area contributed by atoms with Crippen LogP contribution < -0.4 is 10.2 Å². The third-order valence-electron chi connectivity index (χ3n) is 5.24. The number of halogens is 1. The lowest BCUT2D eigenvalue weighted by Gasteiger charge is -2.43. The summed E-state index contributed by atoms with van der Waals surface area (Å²) in [5.74, 6) is 1.85. The van der Waals surface area contributed by atoms with Crippen molar-refractivity contribution in [1.82, 2.24) is 5.32 Å². The van der Waals surface area contributed by atoms with Crippen molar-refractivity contribution >= 4 is 17.3 Å². The Morgan fingerprint density at radius 2 is 2.00 bits per heavy atom. The minimum Gasteiger partial charge on any atom is -0.370 e. The molecule has 1 saturated heterocycles. The molecule has 1 aliphatic heterocycles. The fourth-order valence-corrected chi connectivity index (χ4v) is 4.43. The van der Waals surface area contributed by atoms with Gasteiger partial charge in [0.15, 0.2) is 0 Å². The fourth-order valence-electron chi connectivity index (χ4n) is 4.12. The maximum atomic E-state index is 6.55. The number of benzene rings is 1. The molecule has 21 heavy (non-hydrogen) atoms. The molecule has 2 unspecified atom stereocenters. The van der Waals surface area contributed by atoms with Crippen LogP contribution in [0.15, 0.2) is 18.2 Å². The van der Waals surface area contributed by atoms with Crippen LogP contribution >= 0.6 is 11.6 Å². The Bertz CT molecular complexity index is 474. The van der Waals surface area contributed by atoms with Gasteiger partial charge in [0.25, 0.3) is 0 Å². The lowest BCUT2D eigenvalue weighted by atomic mass is 9.75. The number of anilines is 1. The predicted molar refractivity (Wildman–Crippen MR) is 91.1 cm³/mol. The maximum absolute atomic E-state index is 6.55. The molecule has 0 amide bonds. The fraction of sp³-hybridized carbons (Fsp3) is 0.667. The first-order valence-electron chi connectivity index (χ1n) is 8.52. The minimum absolute atomic E-state index is 0.885. The monoisotopic (exact) mass is 306 g/mol. The van der Waals surface area contributed by atoms with Crippen molar-refractivity contribution in [2.45, 2.75) is 45.6 Å². The summed E-state index contributed by atoms with van der Waals surface area (Å²) in [4.78, 5) is 2.56. The molecule has 0 spiro atoms. The largest absolute Gasteiger partial charge is 0.370 e. The zero-order valence-corrected chi connectivity index (χ0v) is 13.8. The molecule has 3 heteroatoms. The highest BCUT2D eigenvalue weighted by Crippen LogP contribution is 2.40. The van der Waals surface area contributed by atoms with Crippen LogP contribution in [0.3, 0.4) is 0 Å². The van der Waals surface area contributed by atoms with Crippen LogP contribution in [0.25, 0.3) is 0 Å². The highest BCUT2D eigenvalue weighted by molar-refractivity contribution is 6.33. The molecule has 1 aromatic carbocycles. The molecular weight excluding hydrogens is 280 g/mol. The molecule has 0 bridgehead atoms. The van der Waals surface area contributed by atoms with Gasteiger partial charge in [0, 0.05) is 19.6 Å². The third kappa shape index (κ3) is 3.37. The van der Waals surface area contributed by atoms with Gasteiger partial charge < -0.3 is 10.2 Å². The molecule has 2 nitrogen and oxygen atoms in total. The van der Waals surface area contributed by atoms with Gasteiger partial charge in [-0.05, 0) is 42.9 Å². The van der Waals surface area contributed by atoms with Crippen molar-refractivity contribution in [2.75, 3.05) is 24.5 Å². The van der Waals surface area contributed by atoms with E-state index in [1.165, 1.54) is 56.4 Å². The van der Waals surface area contributed by atoms with Crippen LogP contribution in [0.1, 0.15) is 44.6 Å². The zero-order chi connectivity index (χ0) is 14.7. The summed E-state index contributed by atoms with van der Waals surface area (Å²) in [6, 6.07) is 6.34. The Balaban J connectivity index is 1.79. The van der Waals surface area contributed by atoms with E-state index < -0.39 is 0 Å². The molecule has 2 fully saturated rings. The predicted octanol–water partition coefficient (Wildman–Crippen LogP) is 4.47. The number of hydrogen-bond donors (Lipinski definition) is 1. The Morgan fingerprint density at radius 3 is 2.81 bits per heavy atom. The highest BCUT2D eigenvalue weighted by atomic mass is 35.5. The van der Waals surface area contributed by atoms with Crippen molar-refractivity contribution in [3.63, 3.8) is 0 Å². The van der Waals surface area contributed by atoms with Crippen LogP contribution in [0.2, 0.25) is 5.02 Å². The smallest absolute Gasteiger partial charge is 0.0642 e. The van der Waals surface area contributed by atoms with Crippen molar-refractivity contribution in [2.24, 2.45) is 11.8 Å². The summed E-state index contributed by atoms with van der Waals surface area (Å²) >= 11 is 6.55. The van der Waals surface area contributed by atoms with E-state index in [-0.39, 0.29) is 0 Å². The van der Waals surface area contributed by atoms with E-state index in [1.54, 1.807) is 0 Å². The molecule has 1 saturated carbocycles. The van der Waals surface area contributed by atoms with Crippen LogP contribution in [0.4, 0.5) is 5.69 Å². The first kappa shape index (κ1) is 15.2. The molecule has 1 N–H and O–H groups in total. The molecule has 116 valence electrons. The van der Waals surface area contributed by atoms with Gasteiger partial charge in [0.05, 0.1) is 10.7 Å². The van der Waals surface area contributed by atoms with Crippen molar-refractivity contribution in [3.05, 3.63) is 28.8 Å². The number of hydrogen-bond acceptors (Lipinski definition) is 2. The first-order valence-corrected chi connectivity index (χ1v) is 8.90. The van der Waals surface area contributed by atoms with Gasteiger partial charge in [0.2, 0.25) is 0 Å². The van der Waals surface area contributed by atoms with Crippen LogP contribution in [0, 0.1) is 11.8 Å². The molecule has 0 radical (unpaired) electrons. The van der Waals surface area contributed by atoms with Crippen LogP contribution in [0.5, 0.6) is 0 Å². The quantitative estimate of drug-likeness (QED) is 0.883. The number of nitrogens with zero attached hydrogens (tertiary/aromatic N) is 1. The summed E-state index contributed by atoms with van der Waals surface area (Å²) in [6.45, 7) is 6.43. The van der Waals surface area contributed by atoms with Crippen LogP contribution in [-0.4, -0.2) is 19.6 Å². The van der Waals surface area contributed by atoms with E-state index in [0.29, 0.717) is 0 Å². The summed E-state index contributed by atoms with van der Waals surface area (Å²) in [5, 5.41) is 4.36. The molecule has 2 aliphatic rings. The number of para-hydroxylation sites is 1. The molecule has 0 aromatic heterocycles. The van der Waals surface area contributed by atoms with Crippen molar-refractivity contribution in [1.29, 1.82) is 0 Å². The summed E-state index contributed by atoms with van der Waals surface area (Å²) in [6.07, 6.45) is 7.07. The first-order chi connectivity index (χ1) is 10.3. The van der Waals surface area contributed by atoms with Gasteiger partial charge in [-0.25, -0.2) is 0 Å². The lowest BCUT2D eigenvalue weighted by Crippen LogP contribution is -2.42. The normalized spacial score (nSPS) is 25.7. The third-order valence-corrected chi connectivity index (χ3v) is 5.55. The van der Waals surface area contributed by atoms with E-state index in [2.05, 4.69) is 29.3 Å². The van der Waals surface area contributed by atoms with Gasteiger partial charge >= 0.3 is 0 Å². The second-order valence-electron chi connectivity index (χ2n) is 6.57. The van der Waals surface area contributed by atoms with E-state index in [9.17, 15) is 0 Å². The second kappa shape index (κ2) is 7.02. The van der Waals surface area contributed by atoms with Gasteiger partial charge in [-0.2, -0.15) is 0 Å². The Hall–Kier alpha value is -0.730. The number of fused-ring (bicyclic) bond motifs is 1. The number of rotatable bonds is 4. The molecule has 1 aromatic rings. The van der Waals surface area contributed by atoms with Crippen molar-refractivity contribution in [3.8, 4) is 0 Å². The van der Waals surface area contributed by atoms with E-state index in [1.807, 2.05) is 6.07 Å². The standard InChI is InChI=1S/C18H27ClN2/c1-2-20-12-15-8-5-9-17(19)18(15)21-11-10-14-6-3-4-7-16(14)13-21/h5,8-9,14,16,20H,2-4,6-7,10-13H2,1H3. The molecule has 3 rings (SSSR count). The second-order valence-corrected chi connectivity index (χ2v) is 6.97. The van der Waals surface area contributed by atoms with Gasteiger partial charge in [-0.3, -0.25) is 0 Å². The lowest BCUT2D eigenvalue weighted by molar-refractivity contribution is 0.202. The zero-order valence-electron chi connectivity index (χ0n) is 13.1. The topological polar surface area (TPSA) is 15.3 Å². The molecule has 1 aliphatic carbocycles. The molecule has 2 atom stereocenters. The SMILES string of the molecule is CCNCc1cccc(Cl)c1N1CCC2CCCCC2C1. The van der Waals surface area contributed by atoms with Gasteiger partial charge in [0.1, 0.15) is 0 Å². The average molecular weight is 307 g/mol. The van der Waals surface area contributed by atoms with Gasteiger partial charge in [-0.15, -0.1) is 0 Å². The minimum atomic E-state index is 0.885. The molecular formula is C18H27ClN2. The Kier molecular flexibility index (Phi) is 5.07. The summed E-state index contributed by atoms with van der Waals surface area (Å²) < 4.78 is 0. The molecule has 1 heterocycles. The van der Waals surface area contributed by atoms with E-state index in [0.717, 1.165) is 29.9 Å².